The van der Waals surface area contributed by atoms with Crippen molar-refractivity contribution < 1.29 is 0 Å². The lowest BCUT2D eigenvalue weighted by molar-refractivity contribution is 1.39. The molecule has 0 N–H and O–H groups in total. The number of aromatic nitrogens is 1. The summed E-state index contributed by atoms with van der Waals surface area (Å²) in [6, 6.07) is 8.14. The van der Waals surface area contributed by atoms with Gasteiger partial charge in [0.05, 0.1) is 5.52 Å². The van der Waals surface area contributed by atoms with Gasteiger partial charge in [-0.1, -0.05) is 43.0 Å². The van der Waals surface area contributed by atoms with Crippen LogP contribution in [0.25, 0.3) is 23.1 Å². The van der Waals surface area contributed by atoms with Crippen LogP contribution in [-0.4, -0.2) is 4.98 Å². The van der Waals surface area contributed by atoms with E-state index in [1.54, 1.807) is 0 Å². The van der Waals surface area contributed by atoms with Gasteiger partial charge < -0.3 is 0 Å². The molecule has 0 radical (unpaired) electrons. The van der Waals surface area contributed by atoms with Crippen molar-refractivity contribution in [1.29, 1.82) is 0 Å². The van der Waals surface area contributed by atoms with Crippen molar-refractivity contribution in [2.24, 2.45) is 0 Å². The Bertz CT molecular complexity index is 524. The molecule has 0 atom stereocenters. The first-order valence-electron chi connectivity index (χ1n) is 4.99. The summed E-state index contributed by atoms with van der Waals surface area (Å²) in [5.41, 5.74) is 3.29. The summed E-state index contributed by atoms with van der Waals surface area (Å²) < 4.78 is 0. The summed E-state index contributed by atoms with van der Waals surface area (Å²) in [4.78, 5) is 4.39. The minimum absolute atomic E-state index is 1.02. The normalized spacial score (nSPS) is 11.0. The van der Waals surface area contributed by atoms with Crippen LogP contribution in [-0.2, 0) is 0 Å². The summed E-state index contributed by atoms with van der Waals surface area (Å²) in [7, 11) is 0. The van der Waals surface area contributed by atoms with Gasteiger partial charge in [-0.25, -0.2) is 0 Å². The Morgan fingerprint density at radius 1 is 1.27 bits per heavy atom. The smallest absolute Gasteiger partial charge is 0.0708 e. The fraction of sp³-hybridized carbons (Fsp3) is 0.0714. The summed E-state index contributed by atoms with van der Waals surface area (Å²) in [5, 5.41) is 1.17. The number of para-hydroxylation sites is 1. The van der Waals surface area contributed by atoms with Crippen LogP contribution in [0.4, 0.5) is 0 Å². The Morgan fingerprint density at radius 2 is 2.07 bits per heavy atom. The van der Waals surface area contributed by atoms with Crippen molar-refractivity contribution in [3.63, 3.8) is 0 Å². The van der Waals surface area contributed by atoms with E-state index < -0.39 is 0 Å². The average molecular weight is 195 g/mol. The van der Waals surface area contributed by atoms with Crippen molar-refractivity contribution in [2.75, 3.05) is 0 Å². The molecule has 0 saturated heterocycles. The maximum absolute atomic E-state index is 4.39. The van der Waals surface area contributed by atoms with Gasteiger partial charge in [0, 0.05) is 17.1 Å². The number of benzene rings is 1. The molecule has 15 heavy (non-hydrogen) atoms. The number of rotatable bonds is 2. The molecule has 0 amide bonds. The zero-order valence-electron chi connectivity index (χ0n) is 8.77. The second kappa shape index (κ2) is 4.09. The molecule has 1 heterocycles. The van der Waals surface area contributed by atoms with Crippen LogP contribution in [0, 0.1) is 0 Å². The first kappa shape index (κ1) is 9.66. The molecule has 1 nitrogen and oxygen atoms in total. The van der Waals surface area contributed by atoms with E-state index >= 15 is 0 Å². The molecule has 2 aromatic rings. The van der Waals surface area contributed by atoms with Gasteiger partial charge in [0.1, 0.15) is 0 Å². The predicted octanol–water partition coefficient (Wildman–Crippen LogP) is 3.91. The molecule has 74 valence electrons. The van der Waals surface area contributed by atoms with Crippen LogP contribution >= 0.6 is 0 Å². The minimum atomic E-state index is 1.02. The molecule has 0 bridgehead atoms. The Balaban J connectivity index is 2.84. The third-order valence-corrected chi connectivity index (χ3v) is 2.40. The van der Waals surface area contributed by atoms with Gasteiger partial charge in [-0.15, -0.1) is 0 Å². The highest BCUT2D eigenvalue weighted by molar-refractivity contribution is 5.91. The third-order valence-electron chi connectivity index (χ3n) is 2.40. The molecule has 1 aromatic carbocycles. The third kappa shape index (κ3) is 1.68. The van der Waals surface area contributed by atoms with Gasteiger partial charge in [-0.3, -0.25) is 4.98 Å². The molecule has 0 aliphatic heterocycles. The molecule has 0 unspecified atom stereocenters. The van der Waals surface area contributed by atoms with Crippen LogP contribution in [0.3, 0.4) is 0 Å². The zero-order chi connectivity index (χ0) is 10.7. The Labute approximate surface area is 89.8 Å². The predicted molar refractivity (Wildman–Crippen MR) is 66.5 cm³/mol. The van der Waals surface area contributed by atoms with E-state index in [0.717, 1.165) is 11.1 Å². The van der Waals surface area contributed by atoms with Crippen molar-refractivity contribution >= 4 is 23.1 Å². The molecule has 0 fully saturated rings. The first-order valence-corrected chi connectivity index (χ1v) is 4.99. The monoisotopic (exact) mass is 195 g/mol. The quantitative estimate of drug-likeness (QED) is 0.708. The van der Waals surface area contributed by atoms with E-state index in [1.165, 1.54) is 10.9 Å². The second-order valence-corrected chi connectivity index (χ2v) is 3.35. The molecule has 0 aliphatic rings. The number of nitrogens with zero attached hydrogens (tertiary/aromatic N) is 1. The number of hydrogen-bond acceptors (Lipinski definition) is 1. The van der Waals surface area contributed by atoms with E-state index in [1.807, 2.05) is 43.5 Å². The molecular formula is C14H13N. The fourth-order valence-corrected chi connectivity index (χ4v) is 1.69. The highest BCUT2D eigenvalue weighted by Crippen LogP contribution is 2.22. The maximum atomic E-state index is 4.39. The minimum Gasteiger partial charge on any atom is -0.256 e. The van der Waals surface area contributed by atoms with Gasteiger partial charge >= 0.3 is 0 Å². The number of fused-ring (bicyclic) bond motifs is 1. The molecule has 1 heteroatoms. The molecular weight excluding hydrogens is 182 g/mol. The van der Waals surface area contributed by atoms with Gasteiger partial charge in [0.2, 0.25) is 0 Å². The second-order valence-electron chi connectivity index (χ2n) is 3.35. The standard InChI is InChI=1S/C14H13N/c1-3-7-12-11(4-2)10-15-14-9-6-5-8-13(12)14/h3-10H,2H2,1H3/b7-3-. The van der Waals surface area contributed by atoms with Crippen molar-refractivity contribution in [1.82, 2.24) is 4.98 Å². The molecule has 1 aromatic heterocycles. The Kier molecular flexibility index (Phi) is 2.64. The number of hydrogen-bond donors (Lipinski definition) is 0. The van der Waals surface area contributed by atoms with Gasteiger partial charge in [-0.05, 0) is 18.6 Å². The first-order chi connectivity index (χ1) is 7.36. The van der Waals surface area contributed by atoms with Gasteiger partial charge in [-0.2, -0.15) is 0 Å². The SMILES string of the molecule is C=Cc1cnc2ccccc2c1/C=C\C. The average Bonchev–Trinajstić information content (AvgIpc) is 2.30. The molecule has 0 saturated carbocycles. The van der Waals surface area contributed by atoms with Crippen molar-refractivity contribution in [3.05, 3.63) is 54.2 Å². The van der Waals surface area contributed by atoms with E-state index in [9.17, 15) is 0 Å². The molecule has 0 aliphatic carbocycles. The summed E-state index contributed by atoms with van der Waals surface area (Å²) >= 11 is 0. The van der Waals surface area contributed by atoms with E-state index in [4.69, 9.17) is 0 Å². The highest BCUT2D eigenvalue weighted by Gasteiger charge is 2.02. The fourth-order valence-electron chi connectivity index (χ4n) is 1.69. The van der Waals surface area contributed by atoms with Crippen molar-refractivity contribution in [2.45, 2.75) is 6.92 Å². The van der Waals surface area contributed by atoms with Crippen LogP contribution in [0.15, 0.2) is 43.1 Å². The lowest BCUT2D eigenvalue weighted by Crippen LogP contribution is -1.87. The maximum Gasteiger partial charge on any atom is 0.0708 e. The van der Waals surface area contributed by atoms with E-state index in [-0.39, 0.29) is 0 Å². The van der Waals surface area contributed by atoms with Crippen LogP contribution < -0.4 is 0 Å². The van der Waals surface area contributed by atoms with E-state index in [0.29, 0.717) is 0 Å². The summed E-state index contributed by atoms with van der Waals surface area (Å²) in [6.45, 7) is 5.82. The summed E-state index contributed by atoms with van der Waals surface area (Å²) in [5.74, 6) is 0. The zero-order valence-corrected chi connectivity index (χ0v) is 8.77. The van der Waals surface area contributed by atoms with E-state index in [2.05, 4.69) is 23.7 Å². The Hall–Kier alpha value is -1.89. The lowest BCUT2D eigenvalue weighted by atomic mass is 10.0. The van der Waals surface area contributed by atoms with Crippen LogP contribution in [0.5, 0.6) is 0 Å². The highest BCUT2D eigenvalue weighted by atomic mass is 14.6. The molecule has 0 spiro atoms. The Morgan fingerprint density at radius 3 is 2.80 bits per heavy atom. The molecule has 2 rings (SSSR count). The van der Waals surface area contributed by atoms with Crippen LogP contribution in [0.1, 0.15) is 18.1 Å². The van der Waals surface area contributed by atoms with Crippen molar-refractivity contribution in [3.8, 4) is 0 Å². The lowest BCUT2D eigenvalue weighted by Gasteiger charge is -2.05. The topological polar surface area (TPSA) is 12.9 Å². The number of allylic oxidation sites excluding steroid dienone is 1. The largest absolute Gasteiger partial charge is 0.256 e. The van der Waals surface area contributed by atoms with Gasteiger partial charge in [0.15, 0.2) is 0 Å². The summed E-state index contributed by atoms with van der Waals surface area (Å²) in [6.07, 6.45) is 7.84. The number of pyridine rings is 1. The van der Waals surface area contributed by atoms with Gasteiger partial charge in [0.25, 0.3) is 0 Å². The van der Waals surface area contributed by atoms with Crippen LogP contribution in [0.2, 0.25) is 0 Å².